The number of aromatic nitrogens is 4. The van der Waals surface area contributed by atoms with Crippen molar-refractivity contribution < 1.29 is 19.2 Å². The van der Waals surface area contributed by atoms with Crippen LogP contribution >= 0.6 is 0 Å². The third-order valence-corrected chi connectivity index (χ3v) is 6.05. The Morgan fingerprint density at radius 1 is 1.18 bits per heavy atom. The second-order valence-electron chi connectivity index (χ2n) is 7.88. The molecule has 0 amide bonds. The molecule has 0 spiro atoms. The van der Waals surface area contributed by atoms with Gasteiger partial charge in [-0.3, -0.25) is 14.1 Å². The van der Waals surface area contributed by atoms with Crippen LogP contribution in [0.3, 0.4) is 0 Å². The van der Waals surface area contributed by atoms with Crippen LogP contribution in [0.1, 0.15) is 34.7 Å². The zero-order valence-electron chi connectivity index (χ0n) is 18.0. The fourth-order valence-corrected chi connectivity index (χ4v) is 4.74. The SMILES string of the molecule is CCOc1nc2cccc(C(=O)O)c2n1C1c2ccc(-c3ccccc3)c1c2-c1noc(=O)[nH]1. The number of hydrogen-bond donors (Lipinski definition) is 2. The minimum absolute atomic E-state index is 0.128. The molecule has 2 aromatic carbocycles. The zero-order valence-corrected chi connectivity index (χ0v) is 18.0. The summed E-state index contributed by atoms with van der Waals surface area (Å²) in [6.45, 7) is 2.21. The number of ether oxygens (including phenoxy) is 1. The largest absolute Gasteiger partial charge is 0.478 e. The van der Waals surface area contributed by atoms with Crippen LogP contribution in [-0.4, -0.2) is 37.4 Å². The molecule has 2 heterocycles. The molecule has 6 rings (SSSR count). The first-order chi connectivity index (χ1) is 16.6. The number of H-pyrrole nitrogens is 1. The molecule has 1 unspecified atom stereocenters. The summed E-state index contributed by atoms with van der Waals surface area (Å²) in [4.78, 5) is 31.0. The highest BCUT2D eigenvalue weighted by molar-refractivity contribution is 6.07. The number of aromatic amines is 1. The number of benzene rings is 2. The van der Waals surface area contributed by atoms with E-state index in [1.54, 1.807) is 18.2 Å². The van der Waals surface area contributed by atoms with Gasteiger partial charge < -0.3 is 9.84 Å². The number of hydrogen-bond acceptors (Lipinski definition) is 6. The van der Waals surface area contributed by atoms with Crippen molar-refractivity contribution in [3.05, 3.63) is 99.3 Å². The fraction of sp³-hybridized carbons (Fsp3) is 0.120. The second-order valence-corrected chi connectivity index (χ2v) is 7.88. The Morgan fingerprint density at radius 2 is 2.00 bits per heavy atom. The molecule has 2 aromatic heterocycles. The first kappa shape index (κ1) is 20.0. The van der Waals surface area contributed by atoms with Gasteiger partial charge in [-0.25, -0.2) is 9.59 Å². The van der Waals surface area contributed by atoms with Crippen molar-refractivity contribution in [2.45, 2.75) is 13.0 Å². The van der Waals surface area contributed by atoms with Crippen molar-refractivity contribution in [3.8, 4) is 6.01 Å². The lowest BCUT2D eigenvalue weighted by Gasteiger charge is -2.41. The predicted octanol–water partition coefficient (Wildman–Crippen LogP) is 3.84. The first-order valence-electron chi connectivity index (χ1n) is 10.7. The molecule has 0 saturated carbocycles. The number of nitrogens with zero attached hydrogens (tertiary/aromatic N) is 3. The molecule has 0 radical (unpaired) electrons. The molecule has 168 valence electrons. The number of rotatable bonds is 6. The number of fused-ring (bicyclic) bond motifs is 3. The number of carboxylic acids is 1. The van der Waals surface area contributed by atoms with Gasteiger partial charge in [0.15, 0.2) is 5.82 Å². The Labute approximate surface area is 192 Å². The predicted molar refractivity (Wildman–Crippen MR) is 123 cm³/mol. The minimum atomic E-state index is -1.05. The fourth-order valence-electron chi connectivity index (χ4n) is 4.74. The lowest BCUT2D eigenvalue weighted by molar-refractivity contribution is 0.0698. The van der Waals surface area contributed by atoms with Crippen LogP contribution in [-0.2, 0) is 0 Å². The minimum Gasteiger partial charge on any atom is -0.478 e. The van der Waals surface area contributed by atoms with Crippen molar-refractivity contribution in [3.63, 3.8) is 0 Å². The summed E-state index contributed by atoms with van der Waals surface area (Å²) in [5, 5.41) is 13.8. The molecule has 2 N–H and O–H groups in total. The summed E-state index contributed by atoms with van der Waals surface area (Å²) in [6.07, 6.45) is 3.96. The molecule has 2 bridgehead atoms. The van der Waals surface area contributed by atoms with Crippen LogP contribution in [0.2, 0.25) is 0 Å². The molecule has 1 atom stereocenters. The highest BCUT2D eigenvalue weighted by Gasteiger charge is 2.45. The van der Waals surface area contributed by atoms with E-state index in [0.29, 0.717) is 29.5 Å². The number of carbonyl (C=O) groups is 1. The molecular formula is C25H18N4O5. The van der Waals surface area contributed by atoms with E-state index < -0.39 is 11.7 Å². The number of aromatic carboxylic acids is 1. The zero-order chi connectivity index (χ0) is 23.4. The lowest BCUT2D eigenvalue weighted by atomic mass is 9.68. The highest BCUT2D eigenvalue weighted by Crippen LogP contribution is 2.58. The van der Waals surface area contributed by atoms with Crippen LogP contribution in [0.15, 0.2) is 81.1 Å². The summed E-state index contributed by atoms with van der Waals surface area (Å²) in [7, 11) is 0. The van der Waals surface area contributed by atoms with Gasteiger partial charge in [-0.2, -0.15) is 4.98 Å². The maximum Gasteiger partial charge on any atom is 0.439 e. The maximum absolute atomic E-state index is 12.1. The van der Waals surface area contributed by atoms with Crippen LogP contribution in [0.5, 0.6) is 6.01 Å². The quantitative estimate of drug-likeness (QED) is 0.454. The number of nitrogens with one attached hydrogen (secondary N) is 1. The Morgan fingerprint density at radius 3 is 2.71 bits per heavy atom. The molecule has 0 aliphatic heterocycles. The summed E-state index contributed by atoms with van der Waals surface area (Å²) in [5.74, 6) is -1.38. The molecule has 4 aromatic rings. The average molecular weight is 454 g/mol. The topological polar surface area (TPSA) is 123 Å². The highest BCUT2D eigenvalue weighted by atomic mass is 16.5. The van der Waals surface area contributed by atoms with Crippen molar-refractivity contribution >= 4 is 28.1 Å². The van der Waals surface area contributed by atoms with Gasteiger partial charge in [0.2, 0.25) is 0 Å². The van der Waals surface area contributed by atoms with Crippen LogP contribution < -0.4 is 10.5 Å². The molecule has 2 aliphatic rings. The van der Waals surface area contributed by atoms with Gasteiger partial charge in [-0.1, -0.05) is 53.7 Å². The Hall–Kier alpha value is -4.66. The number of para-hydroxylation sites is 1. The molecule has 34 heavy (non-hydrogen) atoms. The number of allylic oxidation sites excluding steroid dienone is 6. The van der Waals surface area contributed by atoms with Gasteiger partial charge >= 0.3 is 11.7 Å². The number of imidazole rings is 1. The molecular weight excluding hydrogens is 436 g/mol. The van der Waals surface area contributed by atoms with E-state index in [9.17, 15) is 14.7 Å². The number of carboxylic acid groups (broad SMARTS) is 1. The van der Waals surface area contributed by atoms with Crippen LogP contribution in [0.4, 0.5) is 0 Å². The Kier molecular flexibility index (Phi) is 4.38. The molecule has 9 heteroatoms. The van der Waals surface area contributed by atoms with Crippen molar-refractivity contribution in [2.75, 3.05) is 6.61 Å². The van der Waals surface area contributed by atoms with Crippen molar-refractivity contribution in [1.29, 1.82) is 0 Å². The van der Waals surface area contributed by atoms with Crippen LogP contribution in [0, 0.1) is 0 Å². The van der Waals surface area contributed by atoms with Gasteiger partial charge in [0.05, 0.1) is 29.2 Å². The monoisotopic (exact) mass is 454 g/mol. The Bertz CT molecular complexity index is 1620. The Balaban J connectivity index is 1.64. The van der Waals surface area contributed by atoms with Crippen LogP contribution in [0.25, 0.3) is 22.2 Å². The van der Waals surface area contributed by atoms with Gasteiger partial charge in [0.1, 0.15) is 0 Å². The van der Waals surface area contributed by atoms with E-state index in [4.69, 9.17) is 9.26 Å². The molecule has 0 fully saturated rings. The molecule has 9 nitrogen and oxygen atoms in total. The summed E-state index contributed by atoms with van der Waals surface area (Å²) < 4.78 is 12.5. The van der Waals surface area contributed by atoms with E-state index in [-0.39, 0.29) is 11.6 Å². The third-order valence-electron chi connectivity index (χ3n) is 6.05. The molecule has 2 aliphatic carbocycles. The standard InChI is InChI=1S/C25H18N4O5/c1-2-33-24-26-17-10-6-9-16(23(30)31)20(17)29(24)21-15-12-11-14(13-7-4-3-5-8-13)18(21)19(15)22-27-25(32)34-28-22/h3-12,21H,2H2,1H3,(H,30,31)(H,27,28,32). The second kappa shape index (κ2) is 7.45. The smallest absolute Gasteiger partial charge is 0.439 e. The van der Waals surface area contributed by atoms with Gasteiger partial charge in [0.25, 0.3) is 6.01 Å². The van der Waals surface area contributed by atoms with E-state index in [1.165, 1.54) is 0 Å². The van der Waals surface area contributed by atoms with E-state index in [1.807, 2.05) is 54.0 Å². The van der Waals surface area contributed by atoms with Gasteiger partial charge in [-0.15, -0.1) is 0 Å². The van der Waals surface area contributed by atoms with Gasteiger partial charge in [0, 0.05) is 5.57 Å². The maximum atomic E-state index is 12.1. The first-order valence-corrected chi connectivity index (χ1v) is 10.7. The van der Waals surface area contributed by atoms with Gasteiger partial charge in [-0.05, 0) is 41.3 Å². The van der Waals surface area contributed by atoms with Crippen molar-refractivity contribution in [1.82, 2.24) is 19.7 Å². The summed E-state index contributed by atoms with van der Waals surface area (Å²) >= 11 is 0. The van der Waals surface area contributed by atoms with E-state index >= 15 is 0 Å². The molecule has 0 saturated heterocycles. The van der Waals surface area contributed by atoms with Crippen molar-refractivity contribution in [2.24, 2.45) is 0 Å². The summed E-state index contributed by atoms with van der Waals surface area (Å²) in [6, 6.07) is 14.7. The lowest BCUT2D eigenvalue weighted by Crippen LogP contribution is -2.29. The third kappa shape index (κ3) is 2.80. The summed E-state index contributed by atoms with van der Waals surface area (Å²) in [5.41, 5.74) is 5.48. The normalized spacial score (nSPS) is 16.8. The average Bonchev–Trinajstić information content (AvgIpc) is 3.43. The van der Waals surface area contributed by atoms with E-state index in [2.05, 4.69) is 15.1 Å². The van der Waals surface area contributed by atoms with E-state index in [0.717, 1.165) is 27.9 Å².